The van der Waals surface area contributed by atoms with Crippen LogP contribution in [0.15, 0.2) is 33.3 Å². The highest BCUT2D eigenvalue weighted by Gasteiger charge is 2.19. The van der Waals surface area contributed by atoms with Gasteiger partial charge in [-0.2, -0.15) is 0 Å². The van der Waals surface area contributed by atoms with Crippen molar-refractivity contribution in [3.63, 3.8) is 0 Å². The minimum Gasteiger partial charge on any atom is -0.506 e. The summed E-state index contributed by atoms with van der Waals surface area (Å²) in [6, 6.07) is 4.31. The van der Waals surface area contributed by atoms with Gasteiger partial charge in [0.25, 0.3) is 5.91 Å². The Morgan fingerprint density at radius 3 is 2.52 bits per heavy atom. The van der Waals surface area contributed by atoms with Gasteiger partial charge in [-0.25, -0.2) is 4.39 Å². The monoisotopic (exact) mass is 500 g/mol. The first-order chi connectivity index (χ1) is 12.5. The first-order valence-electron chi connectivity index (χ1n) is 8.12. The molecule has 0 unspecified atom stereocenters. The van der Waals surface area contributed by atoms with Gasteiger partial charge in [0.15, 0.2) is 0 Å². The molecule has 0 aliphatic carbocycles. The molecule has 144 valence electrons. The molecule has 5 nitrogen and oxygen atoms in total. The zero-order valence-electron chi connectivity index (χ0n) is 15.1. The van der Waals surface area contributed by atoms with Gasteiger partial charge in [0, 0.05) is 30.1 Å². The molecule has 0 radical (unpaired) electrons. The highest BCUT2D eigenvalue weighted by atomic mass is 79.9. The molecule has 0 saturated heterocycles. The van der Waals surface area contributed by atoms with Gasteiger partial charge in [-0.1, -0.05) is 0 Å². The lowest BCUT2D eigenvalue weighted by atomic mass is 10.0. The highest BCUT2D eigenvalue weighted by molar-refractivity contribution is 9.11. The summed E-state index contributed by atoms with van der Waals surface area (Å²) < 4.78 is 14.1. The van der Waals surface area contributed by atoms with Crippen molar-refractivity contribution in [3.05, 3.63) is 56.0 Å². The number of Topliss-reactive ketones (excluding diaryl/α,β-unsaturated/α-hetero) is 1. The Bertz CT molecular complexity index is 869. The molecule has 2 N–H and O–H groups in total. The topological polar surface area (TPSA) is 79.3 Å². The lowest BCUT2D eigenvalue weighted by Crippen LogP contribution is -2.40. The number of carbonyl (C=O) groups excluding carboxylic acids is 2. The van der Waals surface area contributed by atoms with E-state index in [0.29, 0.717) is 5.56 Å². The average Bonchev–Trinajstić information content (AvgIpc) is 2.55. The number of nitrogens with one attached hydrogen (secondary N) is 1. The number of hydrogen-bond acceptors (Lipinski definition) is 4. The molecular formula is C19H19Br2FN2O3. The Kier molecular flexibility index (Phi) is 6.75. The van der Waals surface area contributed by atoms with Crippen LogP contribution in [0.25, 0.3) is 0 Å². The summed E-state index contributed by atoms with van der Waals surface area (Å²) in [6.45, 7) is 5.58. The summed E-state index contributed by atoms with van der Waals surface area (Å²) >= 11 is 6.13. The SMILES string of the molecule is CC(C)(C)NC(=O)c1cc(CC(=O)Cc2c(O)c(Br)cc(F)c2Br)ccn1. The number of nitrogens with zero attached hydrogens (tertiary/aromatic N) is 1. The predicted molar refractivity (Wildman–Crippen MR) is 107 cm³/mol. The van der Waals surface area contributed by atoms with E-state index < -0.39 is 11.4 Å². The van der Waals surface area contributed by atoms with Crippen LogP contribution >= 0.6 is 31.9 Å². The lowest BCUT2D eigenvalue weighted by molar-refractivity contribution is -0.117. The second-order valence-electron chi connectivity index (χ2n) is 7.13. The Morgan fingerprint density at radius 1 is 1.22 bits per heavy atom. The standard InChI is InChI=1S/C19H19Br2FN2O3/c1-19(2,3)24-18(27)15-7-10(4-5-23-15)6-11(25)8-12-16(21)14(22)9-13(20)17(12)26/h4-5,7,9,26H,6,8H2,1-3H3,(H,24,27). The van der Waals surface area contributed by atoms with Crippen molar-refractivity contribution in [1.82, 2.24) is 10.3 Å². The zero-order chi connectivity index (χ0) is 20.4. The van der Waals surface area contributed by atoms with Crippen LogP contribution in [0.2, 0.25) is 0 Å². The summed E-state index contributed by atoms with van der Waals surface area (Å²) in [6.07, 6.45) is 1.33. The van der Waals surface area contributed by atoms with Crippen molar-refractivity contribution in [1.29, 1.82) is 0 Å². The van der Waals surface area contributed by atoms with E-state index >= 15 is 0 Å². The quantitative estimate of drug-likeness (QED) is 0.597. The second kappa shape index (κ2) is 8.48. The lowest BCUT2D eigenvalue weighted by Gasteiger charge is -2.20. The number of hydrogen-bond donors (Lipinski definition) is 2. The van der Waals surface area contributed by atoms with Crippen LogP contribution in [0.5, 0.6) is 5.75 Å². The maximum atomic E-state index is 13.8. The number of phenolic OH excluding ortho intramolecular Hbond substituents is 1. The van der Waals surface area contributed by atoms with Crippen LogP contribution in [0.1, 0.15) is 42.4 Å². The maximum absolute atomic E-state index is 13.8. The van der Waals surface area contributed by atoms with Crippen LogP contribution in [-0.4, -0.2) is 27.3 Å². The number of ketones is 1. The van der Waals surface area contributed by atoms with Gasteiger partial charge in [-0.3, -0.25) is 14.6 Å². The van der Waals surface area contributed by atoms with Crippen molar-refractivity contribution >= 4 is 43.6 Å². The van der Waals surface area contributed by atoms with Crippen LogP contribution in [0.3, 0.4) is 0 Å². The third-order valence-corrected chi connectivity index (χ3v) is 5.02. The van der Waals surface area contributed by atoms with Crippen LogP contribution in [0, 0.1) is 5.82 Å². The number of rotatable bonds is 5. The molecule has 2 rings (SSSR count). The van der Waals surface area contributed by atoms with E-state index in [1.54, 1.807) is 12.1 Å². The largest absolute Gasteiger partial charge is 0.506 e. The minimum absolute atomic E-state index is 0.0261. The number of carbonyl (C=O) groups is 2. The van der Waals surface area contributed by atoms with Crippen molar-refractivity contribution in [2.24, 2.45) is 0 Å². The molecule has 1 aromatic carbocycles. The van der Waals surface area contributed by atoms with Gasteiger partial charge in [0.1, 0.15) is 23.0 Å². The fourth-order valence-electron chi connectivity index (χ4n) is 2.40. The normalized spacial score (nSPS) is 11.3. The van der Waals surface area contributed by atoms with E-state index in [4.69, 9.17) is 0 Å². The van der Waals surface area contributed by atoms with E-state index in [0.717, 1.165) is 6.07 Å². The summed E-state index contributed by atoms with van der Waals surface area (Å²) in [5.74, 6) is -1.33. The van der Waals surface area contributed by atoms with E-state index in [9.17, 15) is 19.1 Å². The maximum Gasteiger partial charge on any atom is 0.270 e. The van der Waals surface area contributed by atoms with Crippen molar-refractivity contribution in [3.8, 4) is 5.75 Å². The smallest absolute Gasteiger partial charge is 0.270 e. The van der Waals surface area contributed by atoms with E-state index in [1.165, 1.54) is 6.20 Å². The van der Waals surface area contributed by atoms with Crippen molar-refractivity contribution < 1.29 is 19.1 Å². The predicted octanol–water partition coefficient (Wildman–Crippen LogP) is 4.33. The summed E-state index contributed by atoms with van der Waals surface area (Å²) in [7, 11) is 0. The summed E-state index contributed by atoms with van der Waals surface area (Å²) in [5, 5.41) is 12.9. The Balaban J connectivity index is 2.16. The Morgan fingerprint density at radius 2 is 1.89 bits per heavy atom. The van der Waals surface area contributed by atoms with Crippen molar-refractivity contribution in [2.75, 3.05) is 0 Å². The first-order valence-corrected chi connectivity index (χ1v) is 9.71. The molecule has 27 heavy (non-hydrogen) atoms. The molecule has 0 spiro atoms. The number of halogens is 3. The molecule has 8 heteroatoms. The molecule has 0 aliphatic heterocycles. The van der Waals surface area contributed by atoms with Gasteiger partial charge in [-0.15, -0.1) is 0 Å². The fourth-order valence-corrected chi connectivity index (χ4v) is 3.28. The second-order valence-corrected chi connectivity index (χ2v) is 8.77. The third kappa shape index (κ3) is 5.84. The Hall–Kier alpha value is -1.80. The third-order valence-electron chi connectivity index (χ3n) is 3.56. The summed E-state index contributed by atoms with van der Waals surface area (Å²) in [5.41, 5.74) is 0.596. The number of aromatic nitrogens is 1. The fraction of sp³-hybridized carbons (Fsp3) is 0.316. The van der Waals surface area contributed by atoms with Crippen LogP contribution in [0.4, 0.5) is 4.39 Å². The molecule has 1 aromatic heterocycles. The number of pyridine rings is 1. The molecule has 2 aromatic rings. The molecule has 1 heterocycles. The van der Waals surface area contributed by atoms with E-state index in [1.807, 2.05) is 20.8 Å². The average molecular weight is 502 g/mol. The molecule has 0 fully saturated rings. The molecule has 1 amide bonds. The van der Waals surface area contributed by atoms with Gasteiger partial charge >= 0.3 is 0 Å². The number of benzene rings is 1. The van der Waals surface area contributed by atoms with Gasteiger partial charge < -0.3 is 10.4 Å². The molecule has 0 saturated carbocycles. The van der Waals surface area contributed by atoms with Crippen LogP contribution in [-0.2, 0) is 17.6 Å². The minimum atomic E-state index is -0.576. The van der Waals surface area contributed by atoms with Gasteiger partial charge in [0.05, 0.1) is 8.95 Å². The van der Waals surface area contributed by atoms with Crippen molar-refractivity contribution in [2.45, 2.75) is 39.2 Å². The molecule has 0 bridgehead atoms. The molecule has 0 atom stereocenters. The van der Waals surface area contributed by atoms with Crippen LogP contribution < -0.4 is 5.32 Å². The van der Waals surface area contributed by atoms with Gasteiger partial charge in [-0.05, 0) is 76.4 Å². The number of amides is 1. The molecular weight excluding hydrogens is 483 g/mol. The number of aromatic hydroxyl groups is 1. The highest BCUT2D eigenvalue weighted by Crippen LogP contribution is 2.36. The van der Waals surface area contributed by atoms with E-state index in [2.05, 4.69) is 42.2 Å². The molecule has 0 aliphatic rings. The zero-order valence-corrected chi connectivity index (χ0v) is 18.2. The van der Waals surface area contributed by atoms with Gasteiger partial charge in [0.2, 0.25) is 0 Å². The number of phenols is 1. The first kappa shape index (κ1) is 21.5. The van der Waals surface area contributed by atoms with E-state index in [-0.39, 0.29) is 50.5 Å². The summed E-state index contributed by atoms with van der Waals surface area (Å²) in [4.78, 5) is 28.7. The Labute approximate surface area is 173 Å².